The van der Waals surface area contributed by atoms with E-state index in [1.54, 1.807) is 30.3 Å². The van der Waals surface area contributed by atoms with E-state index in [9.17, 15) is 14.3 Å². The highest BCUT2D eigenvalue weighted by Crippen LogP contribution is 2.31. The lowest BCUT2D eigenvalue weighted by molar-refractivity contribution is 0.102. The minimum atomic E-state index is -0.941. The second kappa shape index (κ2) is 7.47. The van der Waals surface area contributed by atoms with Crippen LogP contribution in [0.4, 0.5) is 10.1 Å². The number of aliphatic hydroxyl groups excluding tert-OH is 1. The van der Waals surface area contributed by atoms with Crippen LogP contribution >= 0.6 is 11.6 Å². The average molecular weight is 356 g/mol. The van der Waals surface area contributed by atoms with E-state index in [4.69, 9.17) is 11.6 Å². The molecular formula is C20H15ClFNO2. The molecule has 3 rings (SSSR count). The van der Waals surface area contributed by atoms with E-state index < -0.39 is 17.8 Å². The third-order valence-electron chi connectivity index (χ3n) is 3.78. The maximum Gasteiger partial charge on any atom is 0.255 e. The van der Waals surface area contributed by atoms with Crippen LogP contribution in [0.1, 0.15) is 27.6 Å². The number of carbonyl (C=O) groups is 1. The molecule has 0 aromatic heterocycles. The number of aliphatic hydroxyl groups is 1. The van der Waals surface area contributed by atoms with Gasteiger partial charge in [0.1, 0.15) is 11.9 Å². The lowest BCUT2D eigenvalue weighted by atomic mass is 9.99. The van der Waals surface area contributed by atoms with Crippen LogP contribution in [-0.4, -0.2) is 11.0 Å². The van der Waals surface area contributed by atoms with Crippen LogP contribution in [0.3, 0.4) is 0 Å². The SMILES string of the molecule is O=C(Nc1ccc(Cl)cc1C(O)c1ccccc1)c1ccc(F)cc1. The fraction of sp³-hybridized carbons (Fsp3) is 0.0500. The number of benzene rings is 3. The zero-order chi connectivity index (χ0) is 17.8. The number of amides is 1. The Hall–Kier alpha value is -2.69. The molecule has 0 heterocycles. The predicted molar refractivity (Wildman–Crippen MR) is 96.3 cm³/mol. The summed E-state index contributed by atoms with van der Waals surface area (Å²) in [4.78, 5) is 12.4. The second-order valence-electron chi connectivity index (χ2n) is 5.51. The standard InChI is InChI=1S/C20H15ClFNO2/c21-15-8-11-18(23-20(25)14-6-9-16(22)10-7-14)17(12-15)19(24)13-4-2-1-3-5-13/h1-12,19,24H,(H,23,25). The van der Waals surface area contributed by atoms with E-state index in [1.807, 2.05) is 18.2 Å². The summed E-state index contributed by atoms with van der Waals surface area (Å²) in [7, 11) is 0. The van der Waals surface area contributed by atoms with Crippen LogP contribution in [0.2, 0.25) is 5.02 Å². The quantitative estimate of drug-likeness (QED) is 0.705. The van der Waals surface area contributed by atoms with Crippen LogP contribution in [-0.2, 0) is 0 Å². The van der Waals surface area contributed by atoms with Gasteiger partial charge in [0.05, 0.1) is 0 Å². The molecule has 3 aromatic carbocycles. The van der Waals surface area contributed by atoms with Crippen molar-refractivity contribution in [1.29, 1.82) is 0 Å². The van der Waals surface area contributed by atoms with Crippen LogP contribution < -0.4 is 5.32 Å². The van der Waals surface area contributed by atoms with Gasteiger partial charge in [0.2, 0.25) is 0 Å². The first kappa shape index (κ1) is 17.1. The van der Waals surface area contributed by atoms with Crippen molar-refractivity contribution < 1.29 is 14.3 Å². The summed E-state index contributed by atoms with van der Waals surface area (Å²) < 4.78 is 13.0. The lowest BCUT2D eigenvalue weighted by Gasteiger charge is -2.17. The minimum absolute atomic E-state index is 0.316. The molecule has 0 bridgehead atoms. The summed E-state index contributed by atoms with van der Waals surface area (Å²) in [6, 6.07) is 19.2. The van der Waals surface area contributed by atoms with E-state index >= 15 is 0 Å². The summed E-state index contributed by atoms with van der Waals surface area (Å²) in [6.45, 7) is 0. The molecule has 1 unspecified atom stereocenters. The Morgan fingerprint density at radius 3 is 2.36 bits per heavy atom. The fourth-order valence-corrected chi connectivity index (χ4v) is 2.66. The molecule has 0 fully saturated rings. The van der Waals surface area contributed by atoms with Gasteiger partial charge >= 0.3 is 0 Å². The maximum absolute atomic E-state index is 13.0. The van der Waals surface area contributed by atoms with Gasteiger partial charge < -0.3 is 10.4 Å². The number of hydrogen-bond acceptors (Lipinski definition) is 2. The monoisotopic (exact) mass is 355 g/mol. The molecule has 1 atom stereocenters. The Kier molecular flexibility index (Phi) is 5.12. The third-order valence-corrected chi connectivity index (χ3v) is 4.01. The van der Waals surface area contributed by atoms with Gasteiger partial charge in [-0.15, -0.1) is 0 Å². The Morgan fingerprint density at radius 2 is 1.68 bits per heavy atom. The van der Waals surface area contributed by atoms with Gasteiger partial charge in [-0.2, -0.15) is 0 Å². The molecule has 2 N–H and O–H groups in total. The zero-order valence-corrected chi connectivity index (χ0v) is 13.9. The number of carbonyl (C=O) groups excluding carboxylic acids is 1. The molecule has 0 saturated carbocycles. The van der Waals surface area contributed by atoms with E-state index in [2.05, 4.69) is 5.32 Å². The third kappa shape index (κ3) is 4.05. The molecule has 0 spiro atoms. The van der Waals surface area contributed by atoms with Gasteiger partial charge in [0, 0.05) is 21.8 Å². The van der Waals surface area contributed by atoms with Crippen LogP contribution in [0.5, 0.6) is 0 Å². The molecule has 126 valence electrons. The molecule has 0 radical (unpaired) electrons. The van der Waals surface area contributed by atoms with E-state index in [-0.39, 0.29) is 0 Å². The second-order valence-corrected chi connectivity index (χ2v) is 5.94. The molecule has 0 aliphatic heterocycles. The first-order valence-corrected chi connectivity index (χ1v) is 8.02. The number of hydrogen-bond donors (Lipinski definition) is 2. The molecule has 0 aliphatic carbocycles. The largest absolute Gasteiger partial charge is 0.384 e. The zero-order valence-electron chi connectivity index (χ0n) is 13.1. The first-order valence-electron chi connectivity index (χ1n) is 7.64. The van der Waals surface area contributed by atoms with Crippen LogP contribution in [0.15, 0.2) is 72.8 Å². The van der Waals surface area contributed by atoms with Crippen LogP contribution in [0.25, 0.3) is 0 Å². The smallest absolute Gasteiger partial charge is 0.255 e. The summed E-state index contributed by atoms with van der Waals surface area (Å²) >= 11 is 6.05. The van der Waals surface area contributed by atoms with Crippen molar-refractivity contribution in [3.63, 3.8) is 0 Å². The Balaban J connectivity index is 1.91. The normalized spacial score (nSPS) is 11.8. The first-order chi connectivity index (χ1) is 12.0. The van der Waals surface area contributed by atoms with Gasteiger partial charge in [0.15, 0.2) is 0 Å². The fourth-order valence-electron chi connectivity index (χ4n) is 2.48. The van der Waals surface area contributed by atoms with Crippen molar-refractivity contribution in [1.82, 2.24) is 0 Å². The van der Waals surface area contributed by atoms with Crippen molar-refractivity contribution in [3.05, 3.63) is 100 Å². The topological polar surface area (TPSA) is 49.3 Å². The predicted octanol–water partition coefficient (Wildman–Crippen LogP) is 4.81. The van der Waals surface area contributed by atoms with Crippen molar-refractivity contribution in [2.24, 2.45) is 0 Å². The van der Waals surface area contributed by atoms with E-state index in [0.29, 0.717) is 27.4 Å². The summed E-state index contributed by atoms with van der Waals surface area (Å²) in [5, 5.41) is 13.9. The Morgan fingerprint density at radius 1 is 1.00 bits per heavy atom. The average Bonchev–Trinajstić information content (AvgIpc) is 2.64. The highest BCUT2D eigenvalue weighted by molar-refractivity contribution is 6.30. The van der Waals surface area contributed by atoms with E-state index in [0.717, 1.165) is 0 Å². The number of halogens is 2. The highest BCUT2D eigenvalue weighted by atomic mass is 35.5. The van der Waals surface area contributed by atoms with Crippen LogP contribution in [0, 0.1) is 5.82 Å². The lowest BCUT2D eigenvalue weighted by Crippen LogP contribution is -2.14. The van der Waals surface area contributed by atoms with Crippen molar-refractivity contribution in [2.45, 2.75) is 6.10 Å². The molecule has 3 aromatic rings. The molecular weight excluding hydrogens is 341 g/mol. The van der Waals surface area contributed by atoms with E-state index in [1.165, 1.54) is 24.3 Å². The molecule has 0 saturated heterocycles. The van der Waals surface area contributed by atoms with Gasteiger partial charge in [-0.3, -0.25) is 4.79 Å². The summed E-state index contributed by atoms with van der Waals surface area (Å²) in [5.41, 5.74) is 1.92. The molecule has 0 aliphatic rings. The number of anilines is 1. The van der Waals surface area contributed by atoms with Crippen molar-refractivity contribution >= 4 is 23.2 Å². The molecule has 3 nitrogen and oxygen atoms in total. The highest BCUT2D eigenvalue weighted by Gasteiger charge is 2.17. The summed E-state index contributed by atoms with van der Waals surface area (Å²) in [5.74, 6) is -0.813. The molecule has 5 heteroatoms. The minimum Gasteiger partial charge on any atom is -0.384 e. The summed E-state index contributed by atoms with van der Waals surface area (Å²) in [6.07, 6.45) is -0.941. The maximum atomic E-state index is 13.0. The van der Waals surface area contributed by atoms with Gasteiger partial charge in [-0.05, 0) is 48.0 Å². The Bertz CT molecular complexity index is 882. The number of rotatable bonds is 4. The van der Waals surface area contributed by atoms with Crippen molar-refractivity contribution in [3.8, 4) is 0 Å². The Labute approximate surface area is 149 Å². The van der Waals surface area contributed by atoms with Crippen molar-refractivity contribution in [2.75, 3.05) is 5.32 Å². The molecule has 25 heavy (non-hydrogen) atoms. The van der Waals surface area contributed by atoms with Gasteiger partial charge in [0.25, 0.3) is 5.91 Å². The molecule has 1 amide bonds. The number of nitrogens with one attached hydrogen (secondary N) is 1. The van der Waals surface area contributed by atoms with Gasteiger partial charge in [-0.1, -0.05) is 41.9 Å². The van der Waals surface area contributed by atoms with Gasteiger partial charge in [-0.25, -0.2) is 4.39 Å².